The van der Waals surface area contributed by atoms with Crippen LogP contribution in [0, 0.1) is 5.92 Å². The molecule has 0 spiro atoms. The number of aromatic amines is 1. The smallest absolute Gasteiger partial charge is 0.330 e. The first kappa shape index (κ1) is 15.4. The molecule has 0 saturated heterocycles. The third-order valence-corrected chi connectivity index (χ3v) is 3.23. The Balaban J connectivity index is 3.35. The zero-order valence-corrected chi connectivity index (χ0v) is 11.4. The lowest BCUT2D eigenvalue weighted by Gasteiger charge is -2.38. The molecule has 0 aliphatic heterocycles. The number of rotatable bonds is 6. The minimum Gasteiger partial charge on any atom is -0.385 e. The average molecular weight is 268 g/mol. The Hall–Kier alpha value is -1.66. The van der Waals surface area contributed by atoms with Gasteiger partial charge < -0.3 is 9.84 Å². The molecular formula is C13H20N2O4. The Morgan fingerprint density at radius 3 is 2.63 bits per heavy atom. The summed E-state index contributed by atoms with van der Waals surface area (Å²) in [6, 6.07) is 1.21. The van der Waals surface area contributed by atoms with Gasteiger partial charge in [0, 0.05) is 19.4 Å². The summed E-state index contributed by atoms with van der Waals surface area (Å²) in [4.78, 5) is 25.0. The minimum atomic E-state index is -1.29. The van der Waals surface area contributed by atoms with Crippen LogP contribution in [0.2, 0.25) is 0 Å². The van der Waals surface area contributed by atoms with Gasteiger partial charge in [-0.15, -0.1) is 6.58 Å². The largest absolute Gasteiger partial charge is 0.385 e. The first-order valence-corrected chi connectivity index (χ1v) is 6.04. The second-order valence-corrected chi connectivity index (χ2v) is 4.74. The van der Waals surface area contributed by atoms with Crippen molar-refractivity contribution in [2.75, 3.05) is 7.11 Å². The van der Waals surface area contributed by atoms with Crippen LogP contribution in [0.3, 0.4) is 0 Å². The lowest BCUT2D eigenvalue weighted by Crippen LogP contribution is -2.48. The van der Waals surface area contributed by atoms with Crippen LogP contribution < -0.4 is 11.2 Å². The molecule has 0 amide bonds. The van der Waals surface area contributed by atoms with E-state index in [9.17, 15) is 14.7 Å². The second-order valence-electron chi connectivity index (χ2n) is 4.74. The molecule has 1 heterocycles. The molecule has 0 fully saturated rings. The molecule has 0 radical (unpaired) electrons. The van der Waals surface area contributed by atoms with Gasteiger partial charge in [-0.25, -0.2) is 4.79 Å². The lowest BCUT2D eigenvalue weighted by atomic mass is 9.85. The van der Waals surface area contributed by atoms with Crippen LogP contribution >= 0.6 is 0 Å². The van der Waals surface area contributed by atoms with Crippen molar-refractivity contribution in [3.63, 3.8) is 0 Å². The van der Waals surface area contributed by atoms with E-state index in [0.29, 0.717) is 0 Å². The van der Waals surface area contributed by atoms with Gasteiger partial charge in [-0.1, -0.05) is 19.9 Å². The van der Waals surface area contributed by atoms with E-state index < -0.39 is 23.1 Å². The van der Waals surface area contributed by atoms with Gasteiger partial charge in [-0.05, 0) is 12.3 Å². The van der Waals surface area contributed by atoms with Gasteiger partial charge in [0.05, 0.1) is 0 Å². The quantitative estimate of drug-likeness (QED) is 0.742. The molecule has 106 valence electrons. The molecule has 2 atom stereocenters. The summed E-state index contributed by atoms with van der Waals surface area (Å²) < 4.78 is 6.45. The highest BCUT2D eigenvalue weighted by Gasteiger charge is 2.40. The lowest BCUT2D eigenvalue weighted by molar-refractivity contribution is -0.156. The van der Waals surface area contributed by atoms with E-state index in [1.54, 1.807) is 6.08 Å². The third kappa shape index (κ3) is 3.02. The van der Waals surface area contributed by atoms with Crippen molar-refractivity contribution in [2.24, 2.45) is 5.92 Å². The minimum absolute atomic E-state index is 0.172. The normalized spacial score (nSPS) is 16.1. The van der Waals surface area contributed by atoms with Crippen LogP contribution in [0.25, 0.3) is 0 Å². The highest BCUT2D eigenvalue weighted by atomic mass is 16.5. The molecule has 1 aromatic rings. The fraction of sp³-hybridized carbons (Fsp3) is 0.538. The number of aromatic nitrogens is 2. The SMILES string of the molecule is C=CCC(O)(C(C)C)C(OC)n1ccc(=O)[nH]c1=O. The Kier molecular flexibility index (Phi) is 4.85. The molecule has 0 aromatic carbocycles. The zero-order chi connectivity index (χ0) is 14.6. The van der Waals surface area contributed by atoms with Crippen molar-refractivity contribution >= 4 is 0 Å². The molecule has 19 heavy (non-hydrogen) atoms. The van der Waals surface area contributed by atoms with Crippen molar-refractivity contribution in [1.29, 1.82) is 0 Å². The summed E-state index contributed by atoms with van der Waals surface area (Å²) in [6.45, 7) is 7.27. The van der Waals surface area contributed by atoms with Gasteiger partial charge in [0.1, 0.15) is 5.60 Å². The van der Waals surface area contributed by atoms with E-state index in [0.717, 1.165) is 0 Å². The molecule has 6 heteroatoms. The van der Waals surface area contributed by atoms with Crippen molar-refractivity contribution < 1.29 is 9.84 Å². The van der Waals surface area contributed by atoms with Crippen molar-refractivity contribution in [3.05, 3.63) is 45.8 Å². The van der Waals surface area contributed by atoms with Crippen molar-refractivity contribution in [1.82, 2.24) is 9.55 Å². The number of hydrogen-bond donors (Lipinski definition) is 2. The van der Waals surface area contributed by atoms with E-state index in [4.69, 9.17) is 4.74 Å². The highest BCUT2D eigenvalue weighted by Crippen LogP contribution is 2.33. The second kappa shape index (κ2) is 5.99. The van der Waals surface area contributed by atoms with Crippen LogP contribution in [-0.4, -0.2) is 27.4 Å². The average Bonchev–Trinajstić information content (AvgIpc) is 2.32. The number of hydrogen-bond acceptors (Lipinski definition) is 4. The molecular weight excluding hydrogens is 248 g/mol. The molecule has 6 nitrogen and oxygen atoms in total. The first-order chi connectivity index (χ1) is 8.86. The fourth-order valence-electron chi connectivity index (χ4n) is 2.02. The first-order valence-electron chi connectivity index (χ1n) is 6.04. The highest BCUT2D eigenvalue weighted by molar-refractivity contribution is 4.96. The summed E-state index contributed by atoms with van der Waals surface area (Å²) in [5.74, 6) is -0.172. The van der Waals surface area contributed by atoms with E-state index in [2.05, 4.69) is 11.6 Å². The predicted octanol–water partition coefficient (Wildman–Crippen LogP) is 0.645. The van der Waals surface area contributed by atoms with Gasteiger partial charge in [0.25, 0.3) is 5.56 Å². The summed E-state index contributed by atoms with van der Waals surface area (Å²) in [6.07, 6.45) is 2.23. The maximum Gasteiger partial charge on any atom is 0.330 e. The number of H-pyrrole nitrogens is 1. The van der Waals surface area contributed by atoms with Crippen LogP contribution in [0.1, 0.15) is 26.5 Å². The topological polar surface area (TPSA) is 84.3 Å². The fourth-order valence-corrected chi connectivity index (χ4v) is 2.02. The summed E-state index contributed by atoms with van der Waals surface area (Å²) in [7, 11) is 1.40. The Labute approximate surface area is 111 Å². The number of aliphatic hydroxyl groups is 1. The molecule has 2 unspecified atom stereocenters. The summed E-state index contributed by atoms with van der Waals surface area (Å²) in [5.41, 5.74) is -2.41. The van der Waals surface area contributed by atoms with Gasteiger partial charge in [0.15, 0.2) is 6.23 Å². The molecule has 0 aliphatic carbocycles. The zero-order valence-electron chi connectivity index (χ0n) is 11.4. The Bertz CT molecular complexity index is 546. The summed E-state index contributed by atoms with van der Waals surface area (Å²) in [5, 5.41) is 10.7. The Morgan fingerprint density at radius 2 is 2.21 bits per heavy atom. The molecule has 2 N–H and O–H groups in total. The number of ether oxygens (including phenoxy) is 1. The standard InChI is InChI=1S/C13H20N2O4/c1-5-7-13(18,9(2)3)11(19-4)15-8-6-10(16)14-12(15)17/h5-6,8-9,11,18H,1,7H2,2-4H3,(H,14,16,17). The van der Waals surface area contributed by atoms with E-state index in [1.807, 2.05) is 13.8 Å². The van der Waals surface area contributed by atoms with E-state index in [-0.39, 0.29) is 12.3 Å². The molecule has 0 aliphatic rings. The van der Waals surface area contributed by atoms with Crippen LogP contribution in [0.4, 0.5) is 0 Å². The molecule has 1 aromatic heterocycles. The van der Waals surface area contributed by atoms with Crippen LogP contribution in [0.5, 0.6) is 0 Å². The van der Waals surface area contributed by atoms with Crippen molar-refractivity contribution in [3.8, 4) is 0 Å². The predicted molar refractivity (Wildman–Crippen MR) is 72.0 cm³/mol. The summed E-state index contributed by atoms with van der Waals surface area (Å²) >= 11 is 0. The number of methoxy groups -OCH3 is 1. The van der Waals surface area contributed by atoms with Crippen molar-refractivity contribution in [2.45, 2.75) is 32.1 Å². The molecule has 0 saturated carbocycles. The van der Waals surface area contributed by atoms with E-state index in [1.165, 1.54) is 23.9 Å². The Morgan fingerprint density at radius 1 is 1.58 bits per heavy atom. The number of nitrogens with one attached hydrogen (secondary N) is 1. The monoisotopic (exact) mass is 268 g/mol. The van der Waals surface area contributed by atoms with Crippen LogP contribution in [0.15, 0.2) is 34.5 Å². The number of nitrogens with zero attached hydrogens (tertiary/aromatic N) is 1. The van der Waals surface area contributed by atoms with Gasteiger partial charge in [-0.2, -0.15) is 0 Å². The van der Waals surface area contributed by atoms with Crippen LogP contribution in [-0.2, 0) is 4.74 Å². The molecule has 1 rings (SSSR count). The van der Waals surface area contributed by atoms with Gasteiger partial charge in [-0.3, -0.25) is 14.3 Å². The maximum absolute atomic E-state index is 11.8. The third-order valence-electron chi connectivity index (χ3n) is 3.23. The van der Waals surface area contributed by atoms with Gasteiger partial charge >= 0.3 is 5.69 Å². The van der Waals surface area contributed by atoms with Gasteiger partial charge in [0.2, 0.25) is 0 Å². The maximum atomic E-state index is 11.8. The van der Waals surface area contributed by atoms with E-state index >= 15 is 0 Å². The molecule has 0 bridgehead atoms.